The van der Waals surface area contributed by atoms with Crippen LogP contribution >= 0.6 is 37.2 Å². The first-order chi connectivity index (χ1) is 13.9. The van der Waals surface area contributed by atoms with Gasteiger partial charge in [-0.25, -0.2) is 10.6 Å². The minimum atomic E-state index is -0.290. The van der Waals surface area contributed by atoms with E-state index in [1.807, 2.05) is 0 Å². The van der Waals surface area contributed by atoms with Crippen molar-refractivity contribution in [3.05, 3.63) is 27.3 Å². The molecule has 0 unspecified atom stereocenters. The molecule has 0 aromatic rings. The molecule has 2 aliphatic rings. The number of hydrogen-bond acceptors (Lipinski definition) is 8. The fraction of sp³-hybridized carbons (Fsp3) is 0.471. The second-order valence-corrected chi connectivity index (χ2v) is 22.0. The van der Waals surface area contributed by atoms with Crippen LogP contribution in [-0.4, -0.2) is 91.1 Å². The van der Waals surface area contributed by atoms with Crippen molar-refractivity contribution in [3.63, 3.8) is 0 Å². The van der Waals surface area contributed by atoms with Crippen LogP contribution in [0.1, 0.15) is 6.92 Å². The number of carbonyl (C=O) groups excluding carboxylic acids is 3. The molecule has 0 aromatic carbocycles. The summed E-state index contributed by atoms with van der Waals surface area (Å²) in [7, 11) is 5.19. The van der Waals surface area contributed by atoms with E-state index < -0.39 is 0 Å². The number of nitrogens with one attached hydrogen (secondary N) is 2. The molecule has 0 aliphatic carbocycles. The molecule has 32 heavy (non-hydrogen) atoms. The van der Waals surface area contributed by atoms with Gasteiger partial charge in [0.2, 0.25) is 0 Å². The number of halogens is 3. The summed E-state index contributed by atoms with van der Waals surface area (Å²) in [4.78, 5) is 33.1. The molecule has 2 heterocycles. The standard InChI is InChI=1S/C7H14N2O2.2C4H7N3O.2CH3.I3/c1-4-11-7(10)5-9(3)6(2)8;2*1-7-2-3(8)6-4(7)5;;;1-3-2/h2,4-5,8H2,1,3H3;2*2H2,1H3,(H2,5,6,8);2*1H3;/q;;;3*-1/p+2. The molecule has 0 spiro atoms. The van der Waals surface area contributed by atoms with Crippen LogP contribution in [0.4, 0.5) is 0 Å². The molecule has 2 aliphatic heterocycles. The quantitative estimate of drug-likeness (QED) is 0.0825. The van der Waals surface area contributed by atoms with Gasteiger partial charge in [0.1, 0.15) is 6.54 Å². The number of ether oxygens (including phenoxy) is 1. The van der Waals surface area contributed by atoms with E-state index in [1.54, 1.807) is 37.2 Å². The maximum Gasteiger partial charge on any atom is -0.358 e. The van der Waals surface area contributed by atoms with Crippen LogP contribution < -0.4 is 41.1 Å². The molecule has 190 valence electrons. The number of amides is 2. The van der Waals surface area contributed by atoms with Crippen LogP contribution in [0.25, 0.3) is 0 Å². The van der Waals surface area contributed by atoms with Crippen molar-refractivity contribution in [2.24, 2.45) is 17.2 Å². The van der Waals surface area contributed by atoms with Crippen molar-refractivity contribution in [1.82, 2.24) is 15.5 Å². The number of hydrogen-bond donors (Lipinski definition) is 5. The first-order valence-electron chi connectivity index (χ1n) is 8.34. The summed E-state index contributed by atoms with van der Waals surface area (Å²) in [6.07, 6.45) is 0. The number of nitrogens with zero attached hydrogens (tertiary/aromatic N) is 3. The van der Waals surface area contributed by atoms with E-state index in [2.05, 4.69) is 59.2 Å². The predicted octanol–water partition coefficient (Wildman–Crippen LogP) is -4.27. The topological polar surface area (TPSA) is 172 Å². The van der Waals surface area contributed by atoms with E-state index in [9.17, 15) is 14.4 Å². The maximum absolute atomic E-state index is 10.8. The molecule has 0 saturated heterocycles. The molecule has 2 amide bonds. The monoisotopic (exact) mass is 797 g/mol. The van der Waals surface area contributed by atoms with E-state index in [4.69, 9.17) is 17.2 Å². The van der Waals surface area contributed by atoms with Crippen LogP contribution in [0.5, 0.6) is 0 Å². The van der Waals surface area contributed by atoms with Gasteiger partial charge >= 0.3 is 80.2 Å². The molecule has 8 N–H and O–H groups in total. The van der Waals surface area contributed by atoms with Gasteiger partial charge in [-0.15, -0.1) is 0 Å². The van der Waals surface area contributed by atoms with Gasteiger partial charge in [0.05, 0.1) is 26.5 Å². The van der Waals surface area contributed by atoms with Crippen LogP contribution in [0.3, 0.4) is 0 Å². The number of esters is 1. The Hall–Kier alpha value is -1.12. The smallest absolute Gasteiger partial charge is 0.358 e. The molecular formula is C17H36I3N8O4-. The Morgan fingerprint density at radius 2 is 1.47 bits per heavy atom. The average molecular weight is 797 g/mol. The number of guanidine groups is 2. The summed E-state index contributed by atoms with van der Waals surface area (Å²) < 4.78 is 8.00. The fourth-order valence-corrected chi connectivity index (χ4v) is 1.66. The summed E-state index contributed by atoms with van der Waals surface area (Å²) in [6, 6.07) is 0. The Morgan fingerprint density at radius 1 is 1.12 bits per heavy atom. The van der Waals surface area contributed by atoms with Gasteiger partial charge in [-0.1, -0.05) is 6.58 Å². The van der Waals surface area contributed by atoms with Gasteiger partial charge in [0.25, 0.3) is 0 Å². The van der Waals surface area contributed by atoms with Gasteiger partial charge in [-0.05, 0) is 6.92 Å². The third kappa shape index (κ3) is 19.6. The second kappa shape index (κ2) is 21.7. The van der Waals surface area contributed by atoms with E-state index >= 15 is 0 Å². The molecule has 0 atom stereocenters. The minimum absolute atomic E-state index is 0. The molecule has 0 bridgehead atoms. The third-order valence-corrected chi connectivity index (χ3v) is 3.28. The minimum Gasteiger partial charge on any atom is -0.358 e. The summed E-state index contributed by atoms with van der Waals surface area (Å²) in [5.74, 6) is 0.875. The summed E-state index contributed by atoms with van der Waals surface area (Å²) in [6.45, 7) is 6.53. The zero-order chi connectivity index (χ0) is 23.9. The summed E-state index contributed by atoms with van der Waals surface area (Å²) in [5, 5.41) is 4.90. The molecule has 15 heteroatoms. The average Bonchev–Trinajstić information content (AvgIpc) is 3.08. The van der Waals surface area contributed by atoms with E-state index in [0.29, 0.717) is 50.7 Å². The maximum atomic E-state index is 10.8. The van der Waals surface area contributed by atoms with Gasteiger partial charge in [-0.2, -0.15) is 0 Å². The van der Waals surface area contributed by atoms with Crippen LogP contribution in [0.2, 0.25) is 0 Å². The number of likely N-dealkylation sites (N-methyl/N-ethyl adjacent to an activating group) is 3. The number of carbonyl (C=O) groups is 3. The van der Waals surface area contributed by atoms with Crippen molar-refractivity contribution < 1.29 is 41.5 Å². The van der Waals surface area contributed by atoms with Gasteiger partial charge in [-0.3, -0.25) is 35.0 Å². The number of nitrogens with two attached hydrogens (primary N) is 3. The normalized spacial score (nSPS) is 13.4. The zero-order valence-corrected chi connectivity index (χ0v) is 25.8. The van der Waals surface area contributed by atoms with E-state index in [-0.39, 0.29) is 39.2 Å². The van der Waals surface area contributed by atoms with Gasteiger partial charge in [0, 0.05) is 7.05 Å². The SMILES string of the molecule is C=C(N)N(C)CC(=O)OCC.C[N+]1=C(N)NC(=O)C1.C[N+]1=C(N)NC(=O)C1.I[I-]I.[CH3-].[CH3-]. The van der Waals surface area contributed by atoms with Crippen molar-refractivity contribution in [3.8, 4) is 0 Å². The Kier molecular flexibility index (Phi) is 25.9. The van der Waals surface area contributed by atoms with Gasteiger partial charge in [0.15, 0.2) is 13.1 Å². The molecule has 2 rings (SSSR count). The van der Waals surface area contributed by atoms with E-state index in [1.165, 1.54) is 4.90 Å². The third-order valence-electron chi connectivity index (χ3n) is 3.28. The molecule has 0 radical (unpaired) electrons. The summed E-state index contributed by atoms with van der Waals surface area (Å²) >= 11 is 5.30. The van der Waals surface area contributed by atoms with Crippen molar-refractivity contribution >= 4 is 66.9 Å². The molecule has 0 aromatic heterocycles. The predicted molar refractivity (Wildman–Crippen MR) is 140 cm³/mol. The Morgan fingerprint density at radius 3 is 1.62 bits per heavy atom. The van der Waals surface area contributed by atoms with Crippen molar-refractivity contribution in [2.45, 2.75) is 6.92 Å². The van der Waals surface area contributed by atoms with Crippen molar-refractivity contribution in [1.29, 1.82) is 0 Å². The van der Waals surface area contributed by atoms with Crippen LogP contribution in [0, 0.1) is 14.9 Å². The van der Waals surface area contributed by atoms with Crippen LogP contribution in [0.15, 0.2) is 12.4 Å². The first kappa shape index (κ1) is 38.2. The molecule has 0 fully saturated rings. The molecule has 12 nitrogen and oxygen atoms in total. The fourth-order valence-electron chi connectivity index (χ4n) is 1.66. The second-order valence-electron chi connectivity index (χ2n) is 5.79. The zero-order valence-electron chi connectivity index (χ0n) is 19.4. The molecule has 0 saturated carbocycles. The van der Waals surface area contributed by atoms with Crippen molar-refractivity contribution in [2.75, 3.05) is 47.4 Å². The van der Waals surface area contributed by atoms with E-state index in [0.717, 1.165) is 0 Å². The Bertz CT molecular complexity index is 617. The van der Waals surface area contributed by atoms with Crippen LogP contribution in [-0.2, 0) is 19.1 Å². The number of rotatable bonds is 4. The molecular weight excluding hydrogens is 761 g/mol. The summed E-state index contributed by atoms with van der Waals surface area (Å²) in [5.41, 5.74) is 15.9. The Balaban J connectivity index is -0.000000170. The van der Waals surface area contributed by atoms with Gasteiger partial charge < -0.3 is 30.2 Å². The largest absolute Gasteiger partial charge is 0.358 e. The first-order valence-corrected chi connectivity index (χ1v) is 20.9. The Labute approximate surface area is 221 Å².